The molecule has 0 amide bonds. The van der Waals surface area contributed by atoms with E-state index in [1.165, 1.54) is 6.33 Å². The van der Waals surface area contributed by atoms with Crippen LogP contribution < -0.4 is 10.5 Å². The van der Waals surface area contributed by atoms with Crippen LogP contribution in [0.3, 0.4) is 0 Å². The molecule has 2 rings (SSSR count). The Morgan fingerprint density at radius 3 is 2.72 bits per heavy atom. The molecule has 0 aliphatic rings. The Morgan fingerprint density at radius 1 is 1.33 bits per heavy atom. The monoisotopic (exact) mass is 247 g/mol. The number of nitrogens with two attached hydrogens (primary N) is 1. The summed E-state index contributed by atoms with van der Waals surface area (Å²) in [5, 5.41) is 4.35. The molecule has 0 aliphatic carbocycles. The molecule has 0 bridgehead atoms. The average Bonchev–Trinajstić information content (AvgIpc) is 2.64. The van der Waals surface area contributed by atoms with Gasteiger partial charge in [0.15, 0.2) is 5.82 Å². The predicted octanol–water partition coefficient (Wildman–Crippen LogP) is 1.65. The molecule has 0 aromatic carbocycles. The average molecular weight is 247 g/mol. The molecule has 0 atom stereocenters. The molecular formula is C12H17N5O. The van der Waals surface area contributed by atoms with E-state index >= 15 is 0 Å². The minimum absolute atomic E-state index is 0.549. The van der Waals surface area contributed by atoms with Crippen molar-refractivity contribution in [2.75, 3.05) is 12.3 Å². The summed E-state index contributed by atoms with van der Waals surface area (Å²) >= 11 is 0. The summed E-state index contributed by atoms with van der Waals surface area (Å²) in [6, 6.07) is 1.76. The highest BCUT2D eigenvalue weighted by molar-refractivity contribution is 5.49. The van der Waals surface area contributed by atoms with Crippen molar-refractivity contribution in [2.45, 2.75) is 27.2 Å². The normalized spacial score (nSPS) is 10.6. The first kappa shape index (κ1) is 12.3. The molecule has 0 radical (unpaired) electrons. The number of aromatic nitrogens is 4. The summed E-state index contributed by atoms with van der Waals surface area (Å²) in [6.07, 6.45) is 2.40. The third-order valence-corrected chi connectivity index (χ3v) is 2.65. The molecule has 2 aromatic heterocycles. The van der Waals surface area contributed by atoms with E-state index < -0.39 is 0 Å². The maximum atomic E-state index is 5.90. The first-order valence-electron chi connectivity index (χ1n) is 5.90. The van der Waals surface area contributed by atoms with Crippen LogP contribution in [0.1, 0.15) is 24.7 Å². The molecule has 2 heterocycles. The Hall–Kier alpha value is -2.11. The number of hydrogen-bond acceptors (Lipinski definition) is 5. The summed E-state index contributed by atoms with van der Waals surface area (Å²) in [5.74, 6) is 1.21. The van der Waals surface area contributed by atoms with Gasteiger partial charge in [-0.05, 0) is 20.3 Å². The topological polar surface area (TPSA) is 78.9 Å². The van der Waals surface area contributed by atoms with E-state index in [1.807, 2.05) is 20.8 Å². The van der Waals surface area contributed by atoms with Gasteiger partial charge in [-0.3, -0.25) is 0 Å². The molecule has 2 aromatic rings. The van der Waals surface area contributed by atoms with E-state index in [0.29, 0.717) is 24.0 Å². The molecular weight excluding hydrogens is 230 g/mol. The Kier molecular flexibility index (Phi) is 3.45. The number of anilines is 1. The summed E-state index contributed by atoms with van der Waals surface area (Å²) in [7, 11) is 0. The third kappa shape index (κ3) is 2.27. The first-order valence-corrected chi connectivity index (χ1v) is 5.90. The number of aryl methyl sites for hydroxylation is 1. The van der Waals surface area contributed by atoms with Crippen molar-refractivity contribution < 1.29 is 4.74 Å². The van der Waals surface area contributed by atoms with Crippen molar-refractivity contribution in [3.8, 4) is 11.7 Å². The third-order valence-electron chi connectivity index (χ3n) is 2.65. The second-order valence-electron chi connectivity index (χ2n) is 4.06. The van der Waals surface area contributed by atoms with Crippen molar-refractivity contribution in [2.24, 2.45) is 0 Å². The number of hydrogen-bond donors (Lipinski definition) is 1. The van der Waals surface area contributed by atoms with Crippen LogP contribution in [-0.2, 0) is 0 Å². The van der Waals surface area contributed by atoms with Crippen molar-refractivity contribution in [3.63, 3.8) is 0 Å². The van der Waals surface area contributed by atoms with Crippen LogP contribution in [0, 0.1) is 13.8 Å². The quantitative estimate of drug-likeness (QED) is 0.888. The van der Waals surface area contributed by atoms with Gasteiger partial charge in [0.25, 0.3) is 0 Å². The Morgan fingerprint density at radius 2 is 2.11 bits per heavy atom. The maximum Gasteiger partial charge on any atom is 0.218 e. The lowest BCUT2D eigenvalue weighted by Gasteiger charge is -2.06. The first-order chi connectivity index (χ1) is 8.63. The standard InChI is InChI=1S/C12H17N5O/c1-4-5-18-11-6-10(14-7-15-11)17-9(3)12(13)8(2)16-17/h6-7H,4-5,13H2,1-3H3. The van der Waals surface area contributed by atoms with Gasteiger partial charge in [0.2, 0.25) is 5.88 Å². The van der Waals surface area contributed by atoms with E-state index in [2.05, 4.69) is 15.1 Å². The van der Waals surface area contributed by atoms with Gasteiger partial charge in [0.1, 0.15) is 6.33 Å². The largest absolute Gasteiger partial charge is 0.478 e. The van der Waals surface area contributed by atoms with Crippen LogP contribution in [-0.4, -0.2) is 26.4 Å². The predicted molar refractivity (Wildman–Crippen MR) is 68.8 cm³/mol. The van der Waals surface area contributed by atoms with E-state index in [4.69, 9.17) is 10.5 Å². The fourth-order valence-electron chi connectivity index (χ4n) is 1.61. The van der Waals surface area contributed by atoms with Crippen LogP contribution in [0.5, 0.6) is 5.88 Å². The highest BCUT2D eigenvalue weighted by Gasteiger charge is 2.11. The summed E-state index contributed by atoms with van der Waals surface area (Å²) < 4.78 is 7.17. The van der Waals surface area contributed by atoms with E-state index in [1.54, 1.807) is 10.7 Å². The minimum atomic E-state index is 0.549. The van der Waals surface area contributed by atoms with Crippen molar-refractivity contribution >= 4 is 5.69 Å². The van der Waals surface area contributed by atoms with Crippen molar-refractivity contribution in [1.29, 1.82) is 0 Å². The van der Waals surface area contributed by atoms with Gasteiger partial charge in [0, 0.05) is 6.07 Å². The Labute approximate surface area is 106 Å². The zero-order valence-electron chi connectivity index (χ0n) is 10.8. The van der Waals surface area contributed by atoms with Crippen LogP contribution >= 0.6 is 0 Å². The molecule has 0 aliphatic heterocycles. The van der Waals surface area contributed by atoms with Gasteiger partial charge in [-0.25, -0.2) is 14.6 Å². The molecule has 0 saturated heterocycles. The fourth-order valence-corrected chi connectivity index (χ4v) is 1.61. The second-order valence-corrected chi connectivity index (χ2v) is 4.06. The van der Waals surface area contributed by atoms with Crippen LogP contribution in [0.25, 0.3) is 5.82 Å². The SMILES string of the molecule is CCCOc1cc(-n2nc(C)c(N)c2C)ncn1. The lowest BCUT2D eigenvalue weighted by atomic mass is 10.3. The fraction of sp³-hybridized carbons (Fsp3) is 0.417. The van der Waals surface area contributed by atoms with Crippen LogP contribution in [0.4, 0.5) is 5.69 Å². The molecule has 18 heavy (non-hydrogen) atoms. The molecule has 6 nitrogen and oxygen atoms in total. The van der Waals surface area contributed by atoms with Gasteiger partial charge >= 0.3 is 0 Å². The molecule has 96 valence electrons. The Bertz CT molecular complexity index is 549. The minimum Gasteiger partial charge on any atom is -0.478 e. The van der Waals surface area contributed by atoms with Gasteiger partial charge < -0.3 is 10.5 Å². The lowest BCUT2D eigenvalue weighted by Crippen LogP contribution is -2.05. The second kappa shape index (κ2) is 5.03. The maximum absolute atomic E-state index is 5.90. The van der Waals surface area contributed by atoms with E-state index in [9.17, 15) is 0 Å². The zero-order chi connectivity index (χ0) is 13.1. The summed E-state index contributed by atoms with van der Waals surface area (Å²) in [6.45, 7) is 6.46. The van der Waals surface area contributed by atoms with Gasteiger partial charge in [-0.15, -0.1) is 0 Å². The number of nitrogens with zero attached hydrogens (tertiary/aromatic N) is 4. The van der Waals surface area contributed by atoms with Gasteiger partial charge in [0.05, 0.1) is 23.7 Å². The highest BCUT2D eigenvalue weighted by atomic mass is 16.5. The molecule has 0 spiro atoms. The van der Waals surface area contributed by atoms with Gasteiger partial charge in [-0.2, -0.15) is 5.10 Å². The zero-order valence-corrected chi connectivity index (χ0v) is 10.8. The lowest BCUT2D eigenvalue weighted by molar-refractivity contribution is 0.304. The molecule has 0 saturated carbocycles. The van der Waals surface area contributed by atoms with Crippen molar-refractivity contribution in [1.82, 2.24) is 19.7 Å². The van der Waals surface area contributed by atoms with Gasteiger partial charge in [-0.1, -0.05) is 6.92 Å². The highest BCUT2D eigenvalue weighted by Crippen LogP contribution is 2.19. The van der Waals surface area contributed by atoms with E-state index in [-0.39, 0.29) is 0 Å². The van der Waals surface area contributed by atoms with Crippen molar-refractivity contribution in [3.05, 3.63) is 23.8 Å². The van der Waals surface area contributed by atoms with Crippen LogP contribution in [0.15, 0.2) is 12.4 Å². The van der Waals surface area contributed by atoms with Crippen LogP contribution in [0.2, 0.25) is 0 Å². The molecule has 0 fully saturated rings. The smallest absolute Gasteiger partial charge is 0.218 e. The Balaban J connectivity index is 2.35. The molecule has 0 unspecified atom stereocenters. The summed E-state index contributed by atoms with van der Waals surface area (Å²) in [5.41, 5.74) is 8.25. The summed E-state index contributed by atoms with van der Waals surface area (Å²) in [4.78, 5) is 8.24. The number of ether oxygens (including phenoxy) is 1. The molecule has 2 N–H and O–H groups in total. The number of nitrogen functional groups attached to an aromatic ring is 1. The van der Waals surface area contributed by atoms with E-state index in [0.717, 1.165) is 17.8 Å². The molecule has 6 heteroatoms. The number of rotatable bonds is 4.